The first kappa shape index (κ1) is 23.8. The van der Waals surface area contributed by atoms with Crippen molar-refractivity contribution in [1.29, 1.82) is 5.41 Å². The zero-order chi connectivity index (χ0) is 24.3. The zero-order valence-corrected chi connectivity index (χ0v) is 18.0. The monoisotopic (exact) mass is 457 g/mol. The number of amidine groups is 1. The van der Waals surface area contributed by atoms with Crippen LogP contribution in [0.5, 0.6) is 0 Å². The number of carbonyl (C=O) groups excluding carboxylic acids is 3. The second kappa shape index (κ2) is 9.76. The lowest BCUT2D eigenvalue weighted by molar-refractivity contribution is -0.150. The molecule has 1 unspecified atom stereocenters. The van der Waals surface area contributed by atoms with Crippen molar-refractivity contribution in [3.05, 3.63) is 59.4 Å². The van der Waals surface area contributed by atoms with E-state index >= 15 is 0 Å². The molecule has 2 aromatic rings. The van der Waals surface area contributed by atoms with Gasteiger partial charge in [-0.05, 0) is 42.5 Å². The fourth-order valence-corrected chi connectivity index (χ4v) is 3.29. The van der Waals surface area contributed by atoms with Gasteiger partial charge in [0.05, 0.1) is 6.61 Å². The molecular weight excluding hydrogens is 433 g/mol. The fraction of sp³-hybridized carbons (Fsp3) is 0.273. The molecule has 2 aromatic carbocycles. The van der Waals surface area contributed by atoms with Gasteiger partial charge in [0.25, 0.3) is 17.7 Å². The van der Waals surface area contributed by atoms with Gasteiger partial charge in [-0.3, -0.25) is 19.8 Å². The standard InChI is InChI=1S/C22H24FN5O5/c1-27(2)21(31)13-9-14(23)11-16(10-13)28-7-8-33-18(22(28)32)17(29)20(30)26-15-5-3-12(4-6-15)19(24)25/h3-6,9-11,17-18,29H,7-8H2,1-2H3,(H3,24,25)(H,26,30)/t17?,18-/m1/s1. The largest absolute Gasteiger partial charge is 0.384 e. The smallest absolute Gasteiger partial charge is 0.259 e. The van der Waals surface area contributed by atoms with Crippen LogP contribution in [0.3, 0.4) is 0 Å². The summed E-state index contributed by atoms with van der Waals surface area (Å²) in [4.78, 5) is 40.2. The van der Waals surface area contributed by atoms with Crippen LogP contribution in [0.1, 0.15) is 15.9 Å². The van der Waals surface area contributed by atoms with E-state index in [2.05, 4.69) is 5.32 Å². The number of morpholine rings is 1. The lowest BCUT2D eigenvalue weighted by Gasteiger charge is -2.34. The molecule has 1 heterocycles. The molecule has 1 saturated heterocycles. The summed E-state index contributed by atoms with van der Waals surface area (Å²) in [7, 11) is 3.04. The normalized spacial score (nSPS) is 16.8. The first-order valence-electron chi connectivity index (χ1n) is 9.97. The van der Waals surface area contributed by atoms with Crippen LogP contribution in [-0.4, -0.2) is 73.0 Å². The van der Waals surface area contributed by atoms with Gasteiger partial charge in [-0.1, -0.05) is 0 Å². The number of anilines is 2. The highest BCUT2D eigenvalue weighted by atomic mass is 19.1. The molecule has 3 rings (SSSR count). The van der Waals surface area contributed by atoms with Crippen LogP contribution in [0.25, 0.3) is 0 Å². The number of aliphatic hydroxyl groups is 1. The number of rotatable bonds is 6. The Morgan fingerprint density at radius 3 is 2.52 bits per heavy atom. The molecule has 0 saturated carbocycles. The highest BCUT2D eigenvalue weighted by Gasteiger charge is 2.39. The molecule has 33 heavy (non-hydrogen) atoms. The summed E-state index contributed by atoms with van der Waals surface area (Å²) in [6.45, 7) is 0.0385. The van der Waals surface area contributed by atoms with E-state index in [1.807, 2.05) is 0 Å². The first-order chi connectivity index (χ1) is 15.6. The quantitative estimate of drug-likeness (QED) is 0.368. The maximum Gasteiger partial charge on any atom is 0.259 e. The molecule has 10 nitrogen and oxygen atoms in total. The Morgan fingerprint density at radius 2 is 1.91 bits per heavy atom. The van der Waals surface area contributed by atoms with Crippen molar-refractivity contribution in [2.45, 2.75) is 12.2 Å². The van der Waals surface area contributed by atoms with Gasteiger partial charge in [-0.25, -0.2) is 4.39 Å². The minimum Gasteiger partial charge on any atom is -0.384 e. The Labute approximate surface area is 189 Å². The average molecular weight is 457 g/mol. The van der Waals surface area contributed by atoms with Crippen molar-refractivity contribution in [3.8, 4) is 0 Å². The maximum absolute atomic E-state index is 14.2. The Morgan fingerprint density at radius 1 is 1.24 bits per heavy atom. The molecule has 5 N–H and O–H groups in total. The number of nitrogens with zero attached hydrogens (tertiary/aromatic N) is 2. The average Bonchev–Trinajstić information content (AvgIpc) is 2.78. The predicted molar refractivity (Wildman–Crippen MR) is 119 cm³/mol. The van der Waals surface area contributed by atoms with Crippen molar-refractivity contribution in [2.24, 2.45) is 5.73 Å². The molecule has 0 bridgehead atoms. The van der Waals surface area contributed by atoms with Gasteiger partial charge < -0.3 is 30.7 Å². The number of nitrogen functional groups attached to an aromatic ring is 1. The minimum absolute atomic E-state index is 0.0124. The van der Waals surface area contributed by atoms with E-state index in [0.717, 1.165) is 12.1 Å². The van der Waals surface area contributed by atoms with Crippen molar-refractivity contribution < 1.29 is 28.6 Å². The van der Waals surface area contributed by atoms with E-state index in [1.165, 1.54) is 54.2 Å². The number of carbonyl (C=O) groups is 3. The molecule has 0 radical (unpaired) electrons. The summed E-state index contributed by atoms with van der Waals surface area (Å²) in [6.07, 6.45) is -3.37. The van der Waals surface area contributed by atoms with E-state index in [-0.39, 0.29) is 30.2 Å². The van der Waals surface area contributed by atoms with Gasteiger partial charge in [0.15, 0.2) is 12.2 Å². The first-order valence-corrected chi connectivity index (χ1v) is 9.97. The number of benzene rings is 2. The van der Waals surface area contributed by atoms with Crippen LogP contribution in [0, 0.1) is 11.2 Å². The minimum atomic E-state index is -1.84. The van der Waals surface area contributed by atoms with Crippen molar-refractivity contribution in [3.63, 3.8) is 0 Å². The Hall–Kier alpha value is -3.83. The van der Waals surface area contributed by atoms with E-state index in [9.17, 15) is 23.9 Å². The van der Waals surface area contributed by atoms with Crippen LogP contribution in [0.4, 0.5) is 15.8 Å². The van der Waals surface area contributed by atoms with Gasteiger partial charge >= 0.3 is 0 Å². The number of hydrogen-bond acceptors (Lipinski definition) is 6. The van der Waals surface area contributed by atoms with Crippen LogP contribution in [0.15, 0.2) is 42.5 Å². The van der Waals surface area contributed by atoms with Gasteiger partial charge in [0.1, 0.15) is 11.7 Å². The second-order valence-corrected chi connectivity index (χ2v) is 7.60. The van der Waals surface area contributed by atoms with Crippen LogP contribution < -0.4 is 16.0 Å². The SMILES string of the molecule is CN(C)C(=O)c1cc(F)cc(N2CCO[C@H](C(O)C(=O)Nc3ccc(C(=N)N)cc3)C2=O)c1. The van der Waals surface area contributed by atoms with Crippen LogP contribution in [0.2, 0.25) is 0 Å². The molecule has 174 valence electrons. The number of ether oxygens (including phenoxy) is 1. The molecule has 3 amide bonds. The molecule has 1 fully saturated rings. The highest BCUT2D eigenvalue weighted by Crippen LogP contribution is 2.24. The molecule has 0 spiro atoms. The third kappa shape index (κ3) is 5.33. The topological polar surface area (TPSA) is 149 Å². The molecule has 2 atom stereocenters. The van der Waals surface area contributed by atoms with Gasteiger partial charge in [0, 0.05) is 43.1 Å². The highest BCUT2D eigenvalue weighted by molar-refractivity contribution is 6.04. The fourth-order valence-electron chi connectivity index (χ4n) is 3.29. The number of amides is 3. The summed E-state index contributed by atoms with van der Waals surface area (Å²) < 4.78 is 19.5. The van der Waals surface area contributed by atoms with E-state index in [1.54, 1.807) is 0 Å². The second-order valence-electron chi connectivity index (χ2n) is 7.60. The maximum atomic E-state index is 14.2. The molecule has 0 aliphatic carbocycles. The van der Waals surface area contributed by atoms with Gasteiger partial charge in [-0.15, -0.1) is 0 Å². The zero-order valence-electron chi connectivity index (χ0n) is 18.0. The van der Waals surface area contributed by atoms with Crippen molar-refractivity contribution >= 4 is 34.9 Å². The summed E-state index contributed by atoms with van der Waals surface area (Å²) in [5, 5.41) is 20.3. The summed E-state index contributed by atoms with van der Waals surface area (Å²) in [6, 6.07) is 9.55. The lowest BCUT2D eigenvalue weighted by Crippen LogP contribution is -2.55. The van der Waals surface area contributed by atoms with Crippen LogP contribution >= 0.6 is 0 Å². The number of hydrogen-bond donors (Lipinski definition) is 4. The number of nitrogens with one attached hydrogen (secondary N) is 2. The van der Waals surface area contributed by atoms with E-state index < -0.39 is 35.7 Å². The van der Waals surface area contributed by atoms with Gasteiger partial charge in [0.2, 0.25) is 0 Å². The number of nitrogens with two attached hydrogens (primary N) is 1. The van der Waals surface area contributed by atoms with Crippen molar-refractivity contribution in [2.75, 3.05) is 37.5 Å². The molecule has 11 heteroatoms. The number of aliphatic hydroxyl groups excluding tert-OH is 1. The number of halogens is 1. The lowest BCUT2D eigenvalue weighted by atomic mass is 10.1. The van der Waals surface area contributed by atoms with E-state index in [4.69, 9.17) is 15.9 Å². The Kier molecular flexibility index (Phi) is 7.04. The molecule has 1 aliphatic rings. The Balaban J connectivity index is 1.76. The molecule has 0 aromatic heterocycles. The molecule has 1 aliphatic heterocycles. The van der Waals surface area contributed by atoms with E-state index in [0.29, 0.717) is 11.3 Å². The summed E-state index contributed by atoms with van der Waals surface area (Å²) in [5.41, 5.74) is 6.34. The predicted octanol–water partition coefficient (Wildman–Crippen LogP) is 0.543. The third-order valence-corrected chi connectivity index (χ3v) is 4.99. The van der Waals surface area contributed by atoms with Gasteiger partial charge in [-0.2, -0.15) is 0 Å². The summed E-state index contributed by atoms with van der Waals surface area (Å²) >= 11 is 0. The Bertz CT molecular complexity index is 1090. The molecular formula is C22H24FN5O5. The van der Waals surface area contributed by atoms with Crippen molar-refractivity contribution in [1.82, 2.24) is 4.90 Å². The summed E-state index contributed by atoms with van der Waals surface area (Å²) in [5.74, 6) is -2.91. The third-order valence-electron chi connectivity index (χ3n) is 4.99. The van der Waals surface area contributed by atoms with Crippen LogP contribution in [-0.2, 0) is 14.3 Å².